The van der Waals surface area contributed by atoms with E-state index in [-0.39, 0.29) is 5.91 Å². The predicted molar refractivity (Wildman–Crippen MR) is 102 cm³/mol. The summed E-state index contributed by atoms with van der Waals surface area (Å²) < 4.78 is 5.16. The number of rotatable bonds is 3. The van der Waals surface area contributed by atoms with Crippen molar-refractivity contribution in [3.05, 3.63) is 58.7 Å². The third kappa shape index (κ3) is 3.63. The summed E-state index contributed by atoms with van der Waals surface area (Å²) in [5.74, 6) is 0.867. The number of piperazine rings is 1. The van der Waals surface area contributed by atoms with Gasteiger partial charge in [0, 0.05) is 37.4 Å². The van der Waals surface area contributed by atoms with Crippen LogP contribution in [0.1, 0.15) is 27.0 Å². The molecule has 0 aliphatic carbocycles. The number of methoxy groups -OCH3 is 1. The predicted octanol–water partition coefficient (Wildman–Crippen LogP) is 3.58. The number of carbonyl (C=O) groups excluding carboxylic acids is 1. The van der Waals surface area contributed by atoms with Crippen molar-refractivity contribution >= 4 is 11.6 Å². The van der Waals surface area contributed by atoms with E-state index in [0.29, 0.717) is 0 Å². The van der Waals surface area contributed by atoms with Crippen LogP contribution in [0.3, 0.4) is 0 Å². The maximum absolute atomic E-state index is 12.7. The van der Waals surface area contributed by atoms with E-state index in [1.807, 2.05) is 29.2 Å². The summed E-state index contributed by atoms with van der Waals surface area (Å²) >= 11 is 0. The van der Waals surface area contributed by atoms with Crippen molar-refractivity contribution in [3.8, 4) is 5.75 Å². The summed E-state index contributed by atoms with van der Waals surface area (Å²) in [4.78, 5) is 17.0. The molecule has 0 saturated carbocycles. The highest BCUT2D eigenvalue weighted by atomic mass is 16.5. The van der Waals surface area contributed by atoms with Gasteiger partial charge in [0.15, 0.2) is 0 Å². The molecule has 0 spiro atoms. The van der Waals surface area contributed by atoms with Crippen molar-refractivity contribution in [1.29, 1.82) is 0 Å². The molecular weight excluding hydrogens is 312 g/mol. The van der Waals surface area contributed by atoms with Crippen molar-refractivity contribution in [1.82, 2.24) is 4.90 Å². The van der Waals surface area contributed by atoms with E-state index in [1.54, 1.807) is 7.11 Å². The van der Waals surface area contributed by atoms with Crippen molar-refractivity contribution in [2.45, 2.75) is 20.8 Å². The number of carbonyl (C=O) groups is 1. The van der Waals surface area contributed by atoms with E-state index in [2.05, 4.69) is 37.8 Å². The second-order valence-corrected chi connectivity index (χ2v) is 6.76. The molecule has 1 amide bonds. The van der Waals surface area contributed by atoms with Gasteiger partial charge in [-0.05, 0) is 56.2 Å². The number of aryl methyl sites for hydroxylation is 3. The number of benzene rings is 2. The molecule has 0 unspecified atom stereocenters. The standard InChI is InChI=1S/C21H26N2O2/c1-15-13-16(2)20(17(3)14-15)22-9-11-23(12-10-22)21(24)18-5-7-19(25-4)8-6-18/h5-8,13-14H,9-12H2,1-4H3. The van der Waals surface area contributed by atoms with Crippen LogP contribution < -0.4 is 9.64 Å². The number of hydrogen-bond acceptors (Lipinski definition) is 3. The van der Waals surface area contributed by atoms with Gasteiger partial charge >= 0.3 is 0 Å². The number of nitrogens with zero attached hydrogens (tertiary/aromatic N) is 2. The Morgan fingerprint density at radius 2 is 1.48 bits per heavy atom. The first-order chi connectivity index (χ1) is 12.0. The minimum absolute atomic E-state index is 0.0969. The van der Waals surface area contributed by atoms with Gasteiger partial charge in [-0.1, -0.05) is 17.7 Å². The van der Waals surface area contributed by atoms with Gasteiger partial charge in [0.2, 0.25) is 0 Å². The van der Waals surface area contributed by atoms with E-state index in [9.17, 15) is 4.79 Å². The third-order valence-electron chi connectivity index (χ3n) is 4.86. The van der Waals surface area contributed by atoms with Gasteiger partial charge in [0.05, 0.1) is 7.11 Å². The van der Waals surface area contributed by atoms with Crippen LogP contribution in [0.2, 0.25) is 0 Å². The van der Waals surface area contributed by atoms with Crippen molar-refractivity contribution in [2.75, 3.05) is 38.2 Å². The Kier molecular flexibility index (Phi) is 4.98. The van der Waals surface area contributed by atoms with Crippen molar-refractivity contribution in [2.24, 2.45) is 0 Å². The molecule has 25 heavy (non-hydrogen) atoms. The second-order valence-electron chi connectivity index (χ2n) is 6.76. The van der Waals surface area contributed by atoms with Gasteiger partial charge < -0.3 is 14.5 Å². The highest BCUT2D eigenvalue weighted by Crippen LogP contribution is 2.27. The molecule has 3 rings (SSSR count). The number of hydrogen-bond donors (Lipinski definition) is 0. The largest absolute Gasteiger partial charge is 0.497 e. The molecule has 1 aliphatic rings. The molecule has 4 heteroatoms. The maximum atomic E-state index is 12.7. The summed E-state index contributed by atoms with van der Waals surface area (Å²) in [6.45, 7) is 9.71. The van der Waals surface area contributed by atoms with Crippen LogP contribution in [0, 0.1) is 20.8 Å². The molecule has 0 atom stereocenters. The van der Waals surface area contributed by atoms with E-state index in [0.717, 1.165) is 37.5 Å². The van der Waals surface area contributed by atoms with Crippen LogP contribution in [0.25, 0.3) is 0 Å². The summed E-state index contributed by atoms with van der Waals surface area (Å²) in [7, 11) is 1.63. The Labute approximate surface area is 150 Å². The highest BCUT2D eigenvalue weighted by Gasteiger charge is 2.23. The zero-order chi connectivity index (χ0) is 18.0. The molecule has 0 bridgehead atoms. The average Bonchev–Trinajstić information content (AvgIpc) is 2.61. The van der Waals surface area contributed by atoms with E-state index in [4.69, 9.17) is 4.74 Å². The molecular formula is C21H26N2O2. The zero-order valence-corrected chi connectivity index (χ0v) is 15.5. The zero-order valence-electron chi connectivity index (χ0n) is 15.5. The first-order valence-corrected chi connectivity index (χ1v) is 8.75. The molecule has 132 valence electrons. The van der Waals surface area contributed by atoms with Gasteiger partial charge in [-0.2, -0.15) is 0 Å². The monoisotopic (exact) mass is 338 g/mol. The number of amides is 1. The lowest BCUT2D eigenvalue weighted by Gasteiger charge is -2.37. The molecule has 1 heterocycles. The summed E-state index contributed by atoms with van der Waals surface area (Å²) in [5.41, 5.74) is 5.96. The Morgan fingerprint density at radius 1 is 0.920 bits per heavy atom. The molecule has 1 saturated heterocycles. The molecule has 4 nitrogen and oxygen atoms in total. The first kappa shape index (κ1) is 17.3. The van der Waals surface area contributed by atoms with E-state index in [1.165, 1.54) is 22.4 Å². The Hall–Kier alpha value is -2.49. The van der Waals surface area contributed by atoms with Crippen LogP contribution in [-0.2, 0) is 0 Å². The van der Waals surface area contributed by atoms with E-state index < -0.39 is 0 Å². The van der Waals surface area contributed by atoms with Gasteiger partial charge in [0.1, 0.15) is 5.75 Å². The normalized spacial score (nSPS) is 14.6. The van der Waals surface area contributed by atoms with Crippen LogP contribution in [-0.4, -0.2) is 44.1 Å². The molecule has 2 aromatic rings. The fraction of sp³-hybridized carbons (Fsp3) is 0.381. The first-order valence-electron chi connectivity index (χ1n) is 8.75. The smallest absolute Gasteiger partial charge is 0.253 e. The van der Waals surface area contributed by atoms with Crippen molar-refractivity contribution < 1.29 is 9.53 Å². The topological polar surface area (TPSA) is 32.8 Å². The summed E-state index contributed by atoms with van der Waals surface area (Å²) in [6, 6.07) is 11.8. The van der Waals surface area contributed by atoms with Gasteiger partial charge in [-0.3, -0.25) is 4.79 Å². The lowest BCUT2D eigenvalue weighted by molar-refractivity contribution is 0.0746. The SMILES string of the molecule is COc1ccc(C(=O)N2CCN(c3c(C)cc(C)cc3C)CC2)cc1. The molecule has 1 aliphatic heterocycles. The molecule has 0 radical (unpaired) electrons. The average molecular weight is 338 g/mol. The minimum Gasteiger partial charge on any atom is -0.497 e. The highest BCUT2D eigenvalue weighted by molar-refractivity contribution is 5.94. The lowest BCUT2D eigenvalue weighted by atomic mass is 10.0. The molecule has 0 aromatic heterocycles. The van der Waals surface area contributed by atoms with Crippen LogP contribution in [0.4, 0.5) is 5.69 Å². The fourth-order valence-electron chi connectivity index (χ4n) is 3.72. The van der Waals surface area contributed by atoms with Gasteiger partial charge in [0.25, 0.3) is 5.91 Å². The quantitative estimate of drug-likeness (QED) is 0.857. The van der Waals surface area contributed by atoms with Gasteiger partial charge in [-0.25, -0.2) is 0 Å². The van der Waals surface area contributed by atoms with Crippen LogP contribution >= 0.6 is 0 Å². The summed E-state index contributed by atoms with van der Waals surface area (Å²) in [5, 5.41) is 0. The minimum atomic E-state index is 0.0969. The Balaban J connectivity index is 1.68. The molecule has 1 fully saturated rings. The van der Waals surface area contributed by atoms with Gasteiger partial charge in [-0.15, -0.1) is 0 Å². The molecule has 2 aromatic carbocycles. The maximum Gasteiger partial charge on any atom is 0.253 e. The van der Waals surface area contributed by atoms with Crippen molar-refractivity contribution in [3.63, 3.8) is 0 Å². The molecule has 0 N–H and O–H groups in total. The lowest BCUT2D eigenvalue weighted by Crippen LogP contribution is -2.49. The Morgan fingerprint density at radius 3 is 2.00 bits per heavy atom. The second kappa shape index (κ2) is 7.18. The van der Waals surface area contributed by atoms with E-state index >= 15 is 0 Å². The third-order valence-corrected chi connectivity index (χ3v) is 4.86. The number of ether oxygens (including phenoxy) is 1. The Bertz CT molecular complexity index is 737. The summed E-state index contributed by atoms with van der Waals surface area (Å²) in [6.07, 6.45) is 0. The fourth-order valence-corrected chi connectivity index (χ4v) is 3.72. The van der Waals surface area contributed by atoms with Crippen LogP contribution in [0.5, 0.6) is 5.75 Å². The van der Waals surface area contributed by atoms with Crippen LogP contribution in [0.15, 0.2) is 36.4 Å². The number of anilines is 1.